The highest BCUT2D eigenvalue weighted by atomic mass is 19.4. The maximum absolute atomic E-state index is 15.2. The van der Waals surface area contributed by atoms with Crippen molar-refractivity contribution in [2.24, 2.45) is 28.6 Å². The number of alkyl halides is 5. The SMILES string of the molecule is COC(=O)c1ccc([C@H]2C[C@@]3(C)C(CC[C@@]3(O)C(F)(F)C(F)(F)F)C3CCC4CC5(CCC4=C32)OCC(C)(C)CO5)cc1. The van der Waals surface area contributed by atoms with Gasteiger partial charge in [0.15, 0.2) is 5.79 Å². The van der Waals surface area contributed by atoms with Crippen molar-refractivity contribution in [2.75, 3.05) is 20.3 Å². The zero-order valence-corrected chi connectivity index (χ0v) is 25.2. The number of carbonyl (C=O) groups excluding carboxylic acids is 1. The molecule has 1 aromatic carbocycles. The molecule has 10 heteroatoms. The van der Waals surface area contributed by atoms with Gasteiger partial charge in [0.2, 0.25) is 0 Å². The molecule has 5 aliphatic rings. The molecule has 0 amide bonds. The van der Waals surface area contributed by atoms with E-state index in [1.165, 1.54) is 19.6 Å². The minimum atomic E-state index is -5.88. The molecule has 4 fully saturated rings. The molecule has 5 nitrogen and oxygen atoms in total. The summed E-state index contributed by atoms with van der Waals surface area (Å²) in [7, 11) is 1.27. The number of aliphatic hydroxyl groups is 1. The van der Waals surface area contributed by atoms with Crippen molar-refractivity contribution in [3.05, 3.63) is 46.5 Å². The second-order valence-corrected chi connectivity index (χ2v) is 14.6. The first-order chi connectivity index (χ1) is 20.0. The summed E-state index contributed by atoms with van der Waals surface area (Å²) < 4.78 is 89.4. The molecular formula is C33H41F5O5. The number of benzene rings is 1. The molecule has 6 rings (SSSR count). The van der Waals surface area contributed by atoms with Gasteiger partial charge in [0.05, 0.1) is 25.9 Å². The van der Waals surface area contributed by atoms with Crippen LogP contribution in [0, 0.1) is 28.6 Å². The smallest absolute Gasteiger partial charge is 0.456 e. The minimum Gasteiger partial charge on any atom is -0.465 e. The molecule has 0 aromatic heterocycles. The zero-order valence-electron chi connectivity index (χ0n) is 25.2. The lowest BCUT2D eigenvalue weighted by molar-refractivity contribution is -0.362. The standard InChI is InChI=1S/C33H41F5O5/c1-28(2)17-42-30(43-18-28)13-11-22-21(15-30)9-10-23-25-12-14-31(40,32(34,35)33(36,37)38)29(25,3)16-24(26(22)23)19-5-7-20(8-6-19)27(39)41-4/h5-8,21,23-25,40H,9-18H2,1-4H3/t21?,23?,24-,25?,29+,31+/m1/s1. The van der Waals surface area contributed by atoms with E-state index in [2.05, 4.69) is 13.8 Å². The van der Waals surface area contributed by atoms with E-state index in [1.807, 2.05) is 0 Å². The number of allylic oxidation sites excluding steroid dienone is 2. The summed E-state index contributed by atoms with van der Waals surface area (Å²) in [5, 5.41) is 11.5. The van der Waals surface area contributed by atoms with Crippen molar-refractivity contribution >= 4 is 5.97 Å². The first-order valence-electron chi connectivity index (χ1n) is 15.3. The molecule has 0 radical (unpaired) electrons. The van der Waals surface area contributed by atoms with Crippen molar-refractivity contribution in [1.82, 2.24) is 0 Å². The van der Waals surface area contributed by atoms with Crippen molar-refractivity contribution in [3.63, 3.8) is 0 Å². The molecule has 1 N–H and O–H groups in total. The van der Waals surface area contributed by atoms with Crippen LogP contribution in [0.3, 0.4) is 0 Å². The Balaban J connectivity index is 1.43. The van der Waals surface area contributed by atoms with Crippen LogP contribution in [0.1, 0.15) is 94.0 Å². The van der Waals surface area contributed by atoms with Crippen LogP contribution in [0.15, 0.2) is 35.4 Å². The van der Waals surface area contributed by atoms with Gasteiger partial charge in [0.25, 0.3) is 0 Å². The predicted octanol–water partition coefficient (Wildman–Crippen LogP) is 7.58. The lowest BCUT2D eigenvalue weighted by Crippen LogP contribution is -2.65. The van der Waals surface area contributed by atoms with Gasteiger partial charge in [0.1, 0.15) is 5.60 Å². The molecule has 4 aliphatic carbocycles. The van der Waals surface area contributed by atoms with E-state index in [4.69, 9.17) is 14.2 Å². The molecule has 0 bridgehead atoms. The van der Waals surface area contributed by atoms with Gasteiger partial charge in [-0.2, -0.15) is 22.0 Å². The van der Waals surface area contributed by atoms with Crippen LogP contribution in [0.2, 0.25) is 0 Å². The Bertz CT molecular complexity index is 1290. The van der Waals surface area contributed by atoms with E-state index in [-0.39, 0.29) is 30.1 Å². The summed E-state index contributed by atoms with van der Waals surface area (Å²) in [4.78, 5) is 12.1. The number of esters is 1. The van der Waals surface area contributed by atoms with Crippen molar-refractivity contribution in [3.8, 4) is 0 Å². The first-order valence-corrected chi connectivity index (χ1v) is 15.3. The second-order valence-electron chi connectivity index (χ2n) is 14.6. The molecule has 1 spiro atoms. The Hall–Kier alpha value is -2.04. The molecule has 1 heterocycles. The quantitative estimate of drug-likeness (QED) is 0.217. The topological polar surface area (TPSA) is 65.0 Å². The zero-order chi connectivity index (χ0) is 31.2. The highest BCUT2D eigenvalue weighted by molar-refractivity contribution is 5.89. The van der Waals surface area contributed by atoms with Gasteiger partial charge >= 0.3 is 18.1 Å². The maximum atomic E-state index is 15.2. The Morgan fingerprint density at radius 1 is 0.953 bits per heavy atom. The molecule has 3 saturated carbocycles. The lowest BCUT2D eigenvalue weighted by atomic mass is 9.49. The molecular weight excluding hydrogens is 571 g/mol. The number of carbonyl (C=O) groups is 1. The van der Waals surface area contributed by atoms with Crippen LogP contribution in [0.25, 0.3) is 0 Å². The molecule has 1 aromatic rings. The van der Waals surface area contributed by atoms with Crippen molar-refractivity contribution < 1.29 is 46.1 Å². The Morgan fingerprint density at radius 2 is 1.60 bits per heavy atom. The number of methoxy groups -OCH3 is 1. The third-order valence-corrected chi connectivity index (χ3v) is 11.6. The number of hydrogen-bond donors (Lipinski definition) is 1. The van der Waals surface area contributed by atoms with Gasteiger partial charge in [-0.1, -0.05) is 44.1 Å². The highest BCUT2D eigenvalue weighted by Gasteiger charge is 2.79. The number of hydrogen-bond acceptors (Lipinski definition) is 5. The highest BCUT2D eigenvalue weighted by Crippen LogP contribution is 2.71. The van der Waals surface area contributed by atoms with E-state index in [0.29, 0.717) is 44.5 Å². The summed E-state index contributed by atoms with van der Waals surface area (Å²) in [5.41, 5.74) is -1.58. The maximum Gasteiger partial charge on any atom is 0.456 e. The molecule has 1 aliphatic heterocycles. The minimum absolute atomic E-state index is 0.0498. The molecule has 3 unspecified atom stereocenters. The number of fused-ring (bicyclic) bond motifs is 4. The Kier molecular flexibility index (Phi) is 7.19. The van der Waals surface area contributed by atoms with Crippen LogP contribution < -0.4 is 0 Å². The van der Waals surface area contributed by atoms with Crippen LogP contribution in [0.4, 0.5) is 22.0 Å². The molecule has 238 valence electrons. The van der Waals surface area contributed by atoms with Gasteiger partial charge < -0.3 is 19.3 Å². The van der Waals surface area contributed by atoms with Gasteiger partial charge in [-0.05, 0) is 74.0 Å². The van der Waals surface area contributed by atoms with Crippen LogP contribution in [-0.2, 0) is 14.2 Å². The normalized spacial score (nSPS) is 37.0. The van der Waals surface area contributed by atoms with Crippen LogP contribution in [-0.4, -0.2) is 54.9 Å². The summed E-state index contributed by atoms with van der Waals surface area (Å²) >= 11 is 0. The summed E-state index contributed by atoms with van der Waals surface area (Å²) in [6.45, 7) is 6.82. The fraction of sp³-hybridized carbons (Fsp3) is 0.727. The number of ether oxygens (including phenoxy) is 3. The largest absolute Gasteiger partial charge is 0.465 e. The third kappa shape index (κ3) is 4.59. The number of halogens is 5. The molecule has 6 atom stereocenters. The Morgan fingerprint density at radius 3 is 2.21 bits per heavy atom. The van der Waals surface area contributed by atoms with Crippen molar-refractivity contribution in [1.29, 1.82) is 0 Å². The Labute approximate surface area is 249 Å². The fourth-order valence-corrected chi connectivity index (χ4v) is 9.25. The lowest BCUT2D eigenvalue weighted by Gasteiger charge is -2.57. The summed E-state index contributed by atoms with van der Waals surface area (Å²) in [5.74, 6) is -7.52. The monoisotopic (exact) mass is 612 g/mol. The van der Waals surface area contributed by atoms with E-state index in [1.54, 1.807) is 24.3 Å². The fourth-order valence-electron chi connectivity index (χ4n) is 9.25. The summed E-state index contributed by atoms with van der Waals surface area (Å²) in [6.07, 6.45) is -3.02. The average Bonchev–Trinajstić information content (AvgIpc) is 3.24. The van der Waals surface area contributed by atoms with E-state index < -0.39 is 53.1 Å². The van der Waals surface area contributed by atoms with Gasteiger partial charge in [-0.3, -0.25) is 0 Å². The van der Waals surface area contributed by atoms with Crippen LogP contribution in [0.5, 0.6) is 0 Å². The van der Waals surface area contributed by atoms with Gasteiger partial charge in [-0.25, -0.2) is 4.79 Å². The third-order valence-electron chi connectivity index (χ3n) is 11.6. The van der Waals surface area contributed by atoms with E-state index >= 15 is 8.78 Å². The van der Waals surface area contributed by atoms with E-state index in [0.717, 1.165) is 17.6 Å². The summed E-state index contributed by atoms with van der Waals surface area (Å²) in [6, 6.07) is 6.68. The van der Waals surface area contributed by atoms with Gasteiger partial charge in [-0.15, -0.1) is 0 Å². The van der Waals surface area contributed by atoms with E-state index in [9.17, 15) is 23.1 Å². The van der Waals surface area contributed by atoms with Gasteiger partial charge in [0, 0.05) is 29.6 Å². The van der Waals surface area contributed by atoms with Crippen LogP contribution >= 0.6 is 0 Å². The first kappa shape index (κ1) is 31.0. The molecule has 43 heavy (non-hydrogen) atoms. The van der Waals surface area contributed by atoms with Crippen molar-refractivity contribution in [2.45, 2.75) is 102 Å². The number of rotatable bonds is 3. The second kappa shape index (κ2) is 9.98. The molecule has 1 saturated heterocycles. The average molecular weight is 613 g/mol. The predicted molar refractivity (Wildman–Crippen MR) is 147 cm³/mol.